The van der Waals surface area contributed by atoms with Gasteiger partial charge in [0.1, 0.15) is 6.61 Å². The molecule has 0 saturated carbocycles. The molecule has 2 aromatic rings. The van der Waals surface area contributed by atoms with E-state index in [0.29, 0.717) is 19.6 Å². The van der Waals surface area contributed by atoms with Gasteiger partial charge < -0.3 is 20.7 Å². The molecule has 26 heavy (non-hydrogen) atoms. The van der Waals surface area contributed by atoms with Crippen LogP contribution in [0.25, 0.3) is 0 Å². The fourth-order valence-electron chi connectivity index (χ4n) is 1.88. The predicted octanol–water partition coefficient (Wildman–Crippen LogP) is 1.83. The maximum atomic E-state index is 11.0. The minimum atomic E-state index is -1.82. The third-order valence-electron chi connectivity index (χ3n) is 3.07. The number of ether oxygens (including phenoxy) is 1. The Morgan fingerprint density at radius 3 is 2.15 bits per heavy atom. The minimum Gasteiger partial charge on any atom is -0.482 e. The second kappa shape index (κ2) is 10.4. The monoisotopic (exact) mass is 362 g/mol. The zero-order chi connectivity index (χ0) is 19.5. The molecule has 4 N–H and O–H groups in total. The lowest BCUT2D eigenvalue weighted by atomic mass is 10.1. The third-order valence-corrected chi connectivity index (χ3v) is 3.07. The van der Waals surface area contributed by atoms with Gasteiger partial charge in [-0.1, -0.05) is 36.4 Å². The number of carbonyl (C=O) groups is 2. The number of nitrogens with two attached hydrogens (primary N) is 1. The standard InChI is InChI=1S/C15H16N2O3.C2H2O4/c16-9-8-12-6-7-14(17(18)19)15(10-12)20-11-13-4-2-1-3-5-13;3-1(4)2(5)6/h1-7,10H,8-9,11,16H2;(H,3,4)(H,5,6). The van der Waals surface area contributed by atoms with E-state index in [1.165, 1.54) is 6.07 Å². The fourth-order valence-corrected chi connectivity index (χ4v) is 1.88. The minimum absolute atomic E-state index is 0.0262. The Balaban J connectivity index is 0.000000487. The Morgan fingerprint density at radius 2 is 1.65 bits per heavy atom. The highest BCUT2D eigenvalue weighted by atomic mass is 16.6. The lowest BCUT2D eigenvalue weighted by Crippen LogP contribution is -2.09. The smallest absolute Gasteiger partial charge is 0.414 e. The normalized spacial score (nSPS) is 9.58. The highest BCUT2D eigenvalue weighted by Gasteiger charge is 2.15. The Hall–Kier alpha value is -3.46. The topological polar surface area (TPSA) is 153 Å². The summed E-state index contributed by atoms with van der Waals surface area (Å²) >= 11 is 0. The van der Waals surface area contributed by atoms with Crippen LogP contribution < -0.4 is 10.5 Å². The summed E-state index contributed by atoms with van der Waals surface area (Å²) in [5.74, 6) is -3.37. The van der Waals surface area contributed by atoms with Crippen molar-refractivity contribution in [3.05, 3.63) is 69.8 Å². The van der Waals surface area contributed by atoms with Crippen molar-refractivity contribution >= 4 is 17.6 Å². The van der Waals surface area contributed by atoms with Gasteiger partial charge in [0.2, 0.25) is 0 Å². The SMILES string of the molecule is NCCc1ccc([N+](=O)[O-])c(OCc2ccccc2)c1.O=C(O)C(=O)O. The quantitative estimate of drug-likeness (QED) is 0.399. The molecule has 0 spiro atoms. The molecule has 0 atom stereocenters. The van der Waals surface area contributed by atoms with Gasteiger partial charge in [-0.2, -0.15) is 0 Å². The van der Waals surface area contributed by atoms with Crippen molar-refractivity contribution in [1.29, 1.82) is 0 Å². The number of carboxylic acid groups (broad SMARTS) is 2. The molecule has 0 aliphatic heterocycles. The number of nitrogens with zero attached hydrogens (tertiary/aromatic N) is 1. The van der Waals surface area contributed by atoms with Gasteiger partial charge in [-0.25, -0.2) is 9.59 Å². The Kier molecular flexibility index (Phi) is 8.24. The zero-order valence-electron chi connectivity index (χ0n) is 13.7. The van der Waals surface area contributed by atoms with Crippen LogP contribution in [0.1, 0.15) is 11.1 Å². The largest absolute Gasteiger partial charge is 0.482 e. The third kappa shape index (κ3) is 6.97. The van der Waals surface area contributed by atoms with E-state index in [4.69, 9.17) is 30.3 Å². The van der Waals surface area contributed by atoms with E-state index in [0.717, 1.165) is 11.1 Å². The molecule has 0 aromatic heterocycles. The molecule has 0 saturated heterocycles. The highest BCUT2D eigenvalue weighted by molar-refractivity contribution is 6.27. The molecule has 138 valence electrons. The molecule has 0 aliphatic carbocycles. The summed E-state index contributed by atoms with van der Waals surface area (Å²) in [6, 6.07) is 14.4. The first-order chi connectivity index (χ1) is 12.3. The number of benzene rings is 2. The first-order valence-corrected chi connectivity index (χ1v) is 7.45. The lowest BCUT2D eigenvalue weighted by Gasteiger charge is -2.08. The van der Waals surface area contributed by atoms with Crippen LogP contribution in [0.4, 0.5) is 5.69 Å². The molecular weight excluding hydrogens is 344 g/mol. The van der Waals surface area contributed by atoms with Crippen LogP contribution in [0.5, 0.6) is 5.75 Å². The maximum absolute atomic E-state index is 11.0. The van der Waals surface area contributed by atoms with Crippen molar-refractivity contribution in [1.82, 2.24) is 0 Å². The van der Waals surface area contributed by atoms with Gasteiger partial charge in [-0.05, 0) is 30.2 Å². The predicted molar refractivity (Wildman–Crippen MR) is 91.9 cm³/mol. The van der Waals surface area contributed by atoms with E-state index >= 15 is 0 Å². The van der Waals surface area contributed by atoms with E-state index < -0.39 is 16.9 Å². The van der Waals surface area contributed by atoms with Crippen LogP contribution in [-0.2, 0) is 22.6 Å². The van der Waals surface area contributed by atoms with Crippen LogP contribution in [0.2, 0.25) is 0 Å². The molecule has 0 fully saturated rings. The van der Waals surface area contributed by atoms with Crippen molar-refractivity contribution in [2.75, 3.05) is 6.54 Å². The molecule has 9 nitrogen and oxygen atoms in total. The highest BCUT2D eigenvalue weighted by Crippen LogP contribution is 2.28. The lowest BCUT2D eigenvalue weighted by molar-refractivity contribution is -0.386. The summed E-state index contributed by atoms with van der Waals surface area (Å²) in [5, 5.41) is 25.8. The zero-order valence-corrected chi connectivity index (χ0v) is 13.7. The van der Waals surface area contributed by atoms with Gasteiger partial charge in [0.15, 0.2) is 5.75 Å². The van der Waals surface area contributed by atoms with Crippen molar-refractivity contribution in [2.45, 2.75) is 13.0 Å². The average molecular weight is 362 g/mol. The van der Waals surface area contributed by atoms with Gasteiger partial charge in [-0.15, -0.1) is 0 Å². The van der Waals surface area contributed by atoms with Gasteiger partial charge in [-0.3, -0.25) is 10.1 Å². The summed E-state index contributed by atoms with van der Waals surface area (Å²) < 4.78 is 5.59. The van der Waals surface area contributed by atoms with Gasteiger partial charge in [0.05, 0.1) is 4.92 Å². The molecule has 0 radical (unpaired) electrons. The summed E-state index contributed by atoms with van der Waals surface area (Å²) in [5.41, 5.74) is 7.37. The number of nitro benzene ring substituents is 1. The van der Waals surface area contributed by atoms with Crippen LogP contribution in [0.3, 0.4) is 0 Å². The molecule has 2 aromatic carbocycles. The number of aliphatic carboxylic acids is 2. The van der Waals surface area contributed by atoms with Crippen LogP contribution in [-0.4, -0.2) is 33.6 Å². The average Bonchev–Trinajstić information content (AvgIpc) is 2.61. The van der Waals surface area contributed by atoms with E-state index in [2.05, 4.69) is 0 Å². The van der Waals surface area contributed by atoms with Crippen molar-refractivity contribution in [3.63, 3.8) is 0 Å². The second-order valence-corrected chi connectivity index (χ2v) is 4.98. The van der Waals surface area contributed by atoms with E-state index in [1.54, 1.807) is 12.1 Å². The molecule has 0 unspecified atom stereocenters. The Bertz CT molecular complexity index is 751. The summed E-state index contributed by atoms with van der Waals surface area (Å²) in [4.78, 5) is 28.8. The molecule has 0 amide bonds. The number of nitro groups is 1. The van der Waals surface area contributed by atoms with E-state index in [1.807, 2.05) is 30.3 Å². The second-order valence-electron chi connectivity index (χ2n) is 4.98. The fraction of sp³-hybridized carbons (Fsp3) is 0.176. The maximum Gasteiger partial charge on any atom is 0.414 e. The molecular formula is C17H18N2O7. The summed E-state index contributed by atoms with van der Waals surface area (Å²) in [6.07, 6.45) is 0.666. The molecule has 0 aliphatic rings. The van der Waals surface area contributed by atoms with Crippen LogP contribution in [0, 0.1) is 10.1 Å². The van der Waals surface area contributed by atoms with Crippen molar-refractivity contribution in [2.24, 2.45) is 5.73 Å². The first-order valence-electron chi connectivity index (χ1n) is 7.45. The number of hydrogen-bond acceptors (Lipinski definition) is 6. The molecule has 2 rings (SSSR count). The summed E-state index contributed by atoms with van der Waals surface area (Å²) in [6.45, 7) is 0.795. The molecule has 9 heteroatoms. The van der Waals surface area contributed by atoms with Gasteiger partial charge in [0, 0.05) is 6.07 Å². The van der Waals surface area contributed by atoms with Crippen LogP contribution in [0.15, 0.2) is 48.5 Å². The van der Waals surface area contributed by atoms with Crippen molar-refractivity contribution in [3.8, 4) is 5.75 Å². The van der Waals surface area contributed by atoms with E-state index in [9.17, 15) is 10.1 Å². The van der Waals surface area contributed by atoms with Crippen molar-refractivity contribution < 1.29 is 29.5 Å². The number of carboxylic acids is 2. The Labute approximate surface area is 148 Å². The number of rotatable bonds is 6. The van der Waals surface area contributed by atoms with Gasteiger partial charge in [0.25, 0.3) is 0 Å². The molecule has 0 heterocycles. The molecule has 0 bridgehead atoms. The Morgan fingerprint density at radius 1 is 1.04 bits per heavy atom. The van der Waals surface area contributed by atoms with Crippen LogP contribution >= 0.6 is 0 Å². The first kappa shape index (κ1) is 20.6. The van der Waals surface area contributed by atoms with E-state index in [-0.39, 0.29) is 11.4 Å². The number of hydrogen-bond donors (Lipinski definition) is 3. The van der Waals surface area contributed by atoms with Gasteiger partial charge >= 0.3 is 17.6 Å². The summed E-state index contributed by atoms with van der Waals surface area (Å²) in [7, 11) is 0.